The molecule has 0 bridgehead atoms. The van der Waals surface area contributed by atoms with Gasteiger partial charge in [0.25, 0.3) is 0 Å². The maximum Gasteiger partial charge on any atom is 0.306 e. The monoisotopic (exact) mass is 835 g/mol. The molecule has 0 N–H and O–H groups in total. The van der Waals surface area contributed by atoms with Gasteiger partial charge in [-0.15, -0.1) is 0 Å². The molecule has 0 rings (SSSR count). The summed E-state index contributed by atoms with van der Waals surface area (Å²) in [7, 11) is 0. The van der Waals surface area contributed by atoms with E-state index in [1.165, 1.54) is 64.2 Å². The molecule has 0 aliphatic heterocycles. The number of carbonyl (C=O) groups is 3. The third kappa shape index (κ3) is 45.7. The third-order valence-corrected chi connectivity index (χ3v) is 10.1. The molecule has 6 heteroatoms. The molecule has 1 atom stereocenters. The number of hydrogen-bond acceptors (Lipinski definition) is 6. The molecule has 6 nitrogen and oxygen atoms in total. The number of rotatable bonds is 43. The summed E-state index contributed by atoms with van der Waals surface area (Å²) in [5.74, 6) is -0.959. The minimum atomic E-state index is -0.796. The van der Waals surface area contributed by atoms with Gasteiger partial charge in [-0.1, -0.05) is 183 Å². The van der Waals surface area contributed by atoms with Crippen LogP contribution in [-0.4, -0.2) is 37.2 Å². The van der Waals surface area contributed by atoms with Crippen LogP contribution in [0.15, 0.2) is 85.1 Å². The Hall–Kier alpha value is -3.41. The first-order valence-electron chi connectivity index (χ1n) is 24.6. The first-order chi connectivity index (χ1) is 29.5. The largest absolute Gasteiger partial charge is 0.462 e. The van der Waals surface area contributed by atoms with Crippen LogP contribution >= 0.6 is 0 Å². The fourth-order valence-corrected chi connectivity index (χ4v) is 6.47. The van der Waals surface area contributed by atoms with Gasteiger partial charge in [0.15, 0.2) is 6.10 Å². The molecule has 0 amide bonds. The van der Waals surface area contributed by atoms with Gasteiger partial charge in [0, 0.05) is 19.3 Å². The van der Waals surface area contributed by atoms with E-state index >= 15 is 0 Å². The predicted molar refractivity (Wildman–Crippen MR) is 256 cm³/mol. The molecule has 0 radical (unpaired) electrons. The lowest BCUT2D eigenvalue weighted by molar-refractivity contribution is -0.167. The SMILES string of the molecule is CC/C=C\C/C=C\C/C=C\C/C=C\CCCCCCCCC(=O)OCC(COC(=O)CCC/C=C\CCCCCC)OC(=O)CCCCCCCCC/C=C\C/C=C\CC. The van der Waals surface area contributed by atoms with Gasteiger partial charge in [-0.3, -0.25) is 14.4 Å². The molecule has 0 aromatic heterocycles. The van der Waals surface area contributed by atoms with Crippen LogP contribution in [0, 0.1) is 0 Å². The second kappa shape index (κ2) is 48.3. The summed E-state index contributed by atoms with van der Waals surface area (Å²) in [5, 5.41) is 0. The molecule has 0 aliphatic carbocycles. The zero-order valence-corrected chi connectivity index (χ0v) is 38.9. The molecule has 0 aromatic rings. The van der Waals surface area contributed by atoms with Crippen molar-refractivity contribution < 1.29 is 28.6 Å². The lowest BCUT2D eigenvalue weighted by atomic mass is 10.1. The maximum absolute atomic E-state index is 12.7. The summed E-state index contributed by atoms with van der Waals surface area (Å²) >= 11 is 0. The second-order valence-electron chi connectivity index (χ2n) is 16.0. The maximum atomic E-state index is 12.7. The van der Waals surface area contributed by atoms with Crippen molar-refractivity contribution in [2.75, 3.05) is 13.2 Å². The van der Waals surface area contributed by atoms with Crippen molar-refractivity contribution in [3.05, 3.63) is 85.1 Å². The van der Waals surface area contributed by atoms with E-state index in [1.807, 2.05) is 0 Å². The van der Waals surface area contributed by atoms with E-state index in [2.05, 4.69) is 106 Å². The summed E-state index contributed by atoms with van der Waals surface area (Å²) < 4.78 is 16.7. The third-order valence-electron chi connectivity index (χ3n) is 10.1. The Labute approximate surface area is 369 Å². The van der Waals surface area contributed by atoms with Gasteiger partial charge in [0.2, 0.25) is 0 Å². The van der Waals surface area contributed by atoms with E-state index < -0.39 is 6.10 Å². The number of unbranched alkanes of at least 4 members (excludes halogenated alkanes) is 18. The number of hydrogen-bond donors (Lipinski definition) is 0. The van der Waals surface area contributed by atoms with E-state index in [-0.39, 0.29) is 31.1 Å². The van der Waals surface area contributed by atoms with Crippen molar-refractivity contribution in [3.8, 4) is 0 Å². The number of esters is 3. The minimum absolute atomic E-state index is 0.0967. The standard InChI is InChI=1S/C54H90O6/c1-4-7-10-13-16-19-21-23-25-26-27-28-29-31-32-35-38-41-44-47-53(56)59-50-51(49-58-52(55)46-43-40-37-34-18-15-12-9-6-3)60-54(57)48-45-42-39-36-33-30-24-22-20-17-14-11-8-5-2/h7-8,10-11,16-17,19-20,23,25,27-28,34,37,51H,4-6,9,12-15,18,21-22,24,26,29-33,35-36,38-50H2,1-3H3/b10-7-,11-8-,19-16-,20-17-,25-23-,28-27-,37-34-. The fraction of sp³-hybridized carbons (Fsp3) is 0.685. The van der Waals surface area contributed by atoms with E-state index in [9.17, 15) is 14.4 Å². The van der Waals surface area contributed by atoms with Crippen molar-refractivity contribution in [1.29, 1.82) is 0 Å². The lowest BCUT2D eigenvalue weighted by Gasteiger charge is -2.18. The van der Waals surface area contributed by atoms with E-state index in [0.29, 0.717) is 25.7 Å². The van der Waals surface area contributed by atoms with Crippen molar-refractivity contribution in [2.24, 2.45) is 0 Å². The molecule has 0 heterocycles. The molecule has 0 aromatic carbocycles. The highest BCUT2D eigenvalue weighted by Crippen LogP contribution is 2.13. The quantitative estimate of drug-likeness (QED) is 0.0263. The first kappa shape index (κ1) is 56.6. The summed E-state index contributed by atoms with van der Waals surface area (Å²) in [6, 6.07) is 0. The highest BCUT2D eigenvalue weighted by molar-refractivity contribution is 5.71. The van der Waals surface area contributed by atoms with Gasteiger partial charge in [0.1, 0.15) is 13.2 Å². The Morgan fingerprint density at radius 1 is 0.350 bits per heavy atom. The van der Waals surface area contributed by atoms with Gasteiger partial charge >= 0.3 is 17.9 Å². The predicted octanol–water partition coefficient (Wildman–Crippen LogP) is 16.0. The van der Waals surface area contributed by atoms with Crippen molar-refractivity contribution in [3.63, 3.8) is 0 Å². The number of allylic oxidation sites excluding steroid dienone is 14. The van der Waals surface area contributed by atoms with Gasteiger partial charge in [-0.05, 0) is 103 Å². The molecule has 0 saturated heterocycles. The van der Waals surface area contributed by atoms with E-state index in [1.54, 1.807) is 0 Å². The molecule has 342 valence electrons. The summed E-state index contributed by atoms with van der Waals surface area (Å²) in [6.07, 6.45) is 61.5. The topological polar surface area (TPSA) is 78.9 Å². The fourth-order valence-electron chi connectivity index (χ4n) is 6.47. The van der Waals surface area contributed by atoms with Crippen LogP contribution in [0.25, 0.3) is 0 Å². The Bertz CT molecular complexity index is 1190. The minimum Gasteiger partial charge on any atom is -0.462 e. The molecule has 60 heavy (non-hydrogen) atoms. The van der Waals surface area contributed by atoms with Gasteiger partial charge < -0.3 is 14.2 Å². The molecule has 0 aliphatic rings. The Kier molecular flexibility index (Phi) is 45.5. The van der Waals surface area contributed by atoms with Gasteiger partial charge in [-0.2, -0.15) is 0 Å². The molecule has 0 saturated carbocycles. The zero-order valence-electron chi connectivity index (χ0n) is 38.9. The molecular formula is C54H90O6. The highest BCUT2D eigenvalue weighted by atomic mass is 16.6. The van der Waals surface area contributed by atoms with E-state index in [0.717, 1.165) is 109 Å². The van der Waals surface area contributed by atoms with Crippen LogP contribution < -0.4 is 0 Å². The number of carbonyl (C=O) groups excluding carboxylic acids is 3. The smallest absolute Gasteiger partial charge is 0.306 e. The average molecular weight is 835 g/mol. The van der Waals surface area contributed by atoms with Crippen molar-refractivity contribution in [1.82, 2.24) is 0 Å². The summed E-state index contributed by atoms with van der Waals surface area (Å²) in [6.45, 7) is 6.33. The van der Waals surface area contributed by atoms with Crippen molar-refractivity contribution >= 4 is 17.9 Å². The van der Waals surface area contributed by atoms with Gasteiger partial charge in [-0.25, -0.2) is 0 Å². The second-order valence-corrected chi connectivity index (χ2v) is 16.0. The number of ether oxygens (including phenoxy) is 3. The zero-order chi connectivity index (χ0) is 43.7. The van der Waals surface area contributed by atoms with Crippen LogP contribution in [0.1, 0.15) is 220 Å². The van der Waals surface area contributed by atoms with Crippen molar-refractivity contribution in [2.45, 2.75) is 226 Å². The normalized spacial score (nSPS) is 12.8. The average Bonchev–Trinajstić information content (AvgIpc) is 3.24. The Morgan fingerprint density at radius 2 is 0.667 bits per heavy atom. The summed E-state index contributed by atoms with van der Waals surface area (Å²) in [4.78, 5) is 37.8. The molecule has 0 spiro atoms. The molecule has 0 fully saturated rings. The summed E-state index contributed by atoms with van der Waals surface area (Å²) in [5.41, 5.74) is 0. The van der Waals surface area contributed by atoms with Crippen LogP contribution in [0.3, 0.4) is 0 Å². The Morgan fingerprint density at radius 3 is 1.10 bits per heavy atom. The van der Waals surface area contributed by atoms with Crippen LogP contribution in [0.4, 0.5) is 0 Å². The highest BCUT2D eigenvalue weighted by Gasteiger charge is 2.19. The molecular weight excluding hydrogens is 745 g/mol. The van der Waals surface area contributed by atoms with Crippen LogP contribution in [0.5, 0.6) is 0 Å². The first-order valence-corrected chi connectivity index (χ1v) is 24.6. The molecule has 1 unspecified atom stereocenters. The van der Waals surface area contributed by atoms with Crippen LogP contribution in [-0.2, 0) is 28.6 Å². The van der Waals surface area contributed by atoms with Gasteiger partial charge in [0.05, 0.1) is 0 Å². The Balaban J connectivity index is 4.38. The lowest BCUT2D eigenvalue weighted by Crippen LogP contribution is -2.30. The van der Waals surface area contributed by atoms with Crippen LogP contribution in [0.2, 0.25) is 0 Å². The van der Waals surface area contributed by atoms with E-state index in [4.69, 9.17) is 14.2 Å².